The van der Waals surface area contributed by atoms with E-state index < -0.39 is 11.5 Å². The number of hydrogen-bond donors (Lipinski definition) is 0. The monoisotopic (exact) mass is 348 g/mol. The summed E-state index contributed by atoms with van der Waals surface area (Å²) in [5.41, 5.74) is 2.66. The highest BCUT2D eigenvalue weighted by Crippen LogP contribution is 2.17. The molecular weight excluding hydrogens is 326 g/mol. The molecule has 2 unspecified atom stereocenters. The van der Waals surface area contributed by atoms with E-state index >= 15 is 0 Å². The SMILES string of the molecule is CC(C)c1csc(B(CC=CC(Cl)C(C)F)c2ccccc2)c1. The highest BCUT2D eigenvalue weighted by molar-refractivity contribution is 7.24. The zero-order valence-corrected chi connectivity index (χ0v) is 15.4. The quantitative estimate of drug-likeness (QED) is 0.375. The van der Waals surface area contributed by atoms with Crippen molar-refractivity contribution in [3.8, 4) is 0 Å². The molecule has 0 saturated heterocycles. The van der Waals surface area contributed by atoms with Gasteiger partial charge < -0.3 is 0 Å². The smallest absolute Gasteiger partial charge is 0.226 e. The van der Waals surface area contributed by atoms with Crippen LogP contribution in [0.25, 0.3) is 0 Å². The molecule has 1 aromatic heterocycles. The molecule has 2 rings (SSSR count). The van der Waals surface area contributed by atoms with Crippen LogP contribution in [0.4, 0.5) is 4.39 Å². The minimum absolute atomic E-state index is 0.295. The van der Waals surface area contributed by atoms with Crippen LogP contribution >= 0.6 is 22.9 Å². The summed E-state index contributed by atoms with van der Waals surface area (Å²) in [4.78, 5) is 0. The summed E-state index contributed by atoms with van der Waals surface area (Å²) >= 11 is 7.78. The van der Waals surface area contributed by atoms with Gasteiger partial charge in [0.15, 0.2) is 0 Å². The number of benzene rings is 1. The lowest BCUT2D eigenvalue weighted by molar-refractivity contribution is 0.369. The molecular formula is C19H23BClFS. The van der Waals surface area contributed by atoms with Crippen LogP contribution in [0.15, 0.2) is 53.9 Å². The molecule has 0 nitrogen and oxygen atoms in total. The summed E-state index contributed by atoms with van der Waals surface area (Å²) < 4.78 is 14.5. The molecule has 1 aromatic carbocycles. The molecule has 0 fully saturated rings. The highest BCUT2D eigenvalue weighted by atomic mass is 35.5. The normalized spacial score (nSPS) is 14.3. The van der Waals surface area contributed by atoms with Gasteiger partial charge in [-0.2, -0.15) is 11.3 Å². The maximum atomic E-state index is 13.2. The second-order valence-electron chi connectivity index (χ2n) is 6.19. The lowest BCUT2D eigenvalue weighted by atomic mass is 9.42. The Morgan fingerprint density at radius 3 is 2.48 bits per heavy atom. The molecule has 0 spiro atoms. The molecule has 0 N–H and O–H groups in total. The van der Waals surface area contributed by atoms with Crippen molar-refractivity contribution < 1.29 is 4.39 Å². The fourth-order valence-electron chi connectivity index (χ4n) is 2.45. The van der Waals surface area contributed by atoms with E-state index in [0.717, 1.165) is 6.32 Å². The summed E-state index contributed by atoms with van der Waals surface area (Å²) in [6.45, 7) is 6.21. The van der Waals surface area contributed by atoms with Gasteiger partial charge >= 0.3 is 0 Å². The maximum absolute atomic E-state index is 13.2. The molecule has 0 amide bonds. The first kappa shape index (κ1) is 18.3. The molecule has 0 aliphatic heterocycles. The van der Waals surface area contributed by atoms with E-state index in [2.05, 4.69) is 49.6 Å². The lowest BCUT2D eigenvalue weighted by Crippen LogP contribution is -2.39. The first-order valence-corrected chi connectivity index (χ1v) is 9.38. The summed E-state index contributed by atoms with van der Waals surface area (Å²) in [7, 11) is 0. The summed E-state index contributed by atoms with van der Waals surface area (Å²) in [6.07, 6.45) is 3.59. The second kappa shape index (κ2) is 8.70. The van der Waals surface area contributed by atoms with Crippen LogP contribution in [0.1, 0.15) is 32.3 Å². The standard InChI is InChI=1S/C19H23BClFS/c1-14(2)16-12-19(23-13-16)20(17-8-5-4-6-9-17)11-7-10-18(21)15(3)22/h4-10,12-15,18H,11H2,1-3H3. The van der Waals surface area contributed by atoms with Gasteiger partial charge in [-0.1, -0.05) is 67.9 Å². The van der Waals surface area contributed by atoms with Gasteiger partial charge in [0.25, 0.3) is 0 Å². The fraction of sp³-hybridized carbons (Fsp3) is 0.368. The molecule has 0 radical (unpaired) electrons. The van der Waals surface area contributed by atoms with Crippen LogP contribution in [0.2, 0.25) is 6.32 Å². The Balaban J connectivity index is 2.22. The van der Waals surface area contributed by atoms with Crippen molar-refractivity contribution >= 4 is 39.9 Å². The highest BCUT2D eigenvalue weighted by Gasteiger charge is 2.20. The van der Waals surface area contributed by atoms with E-state index in [1.54, 1.807) is 17.4 Å². The molecule has 0 aliphatic rings. The minimum Gasteiger partial charge on any atom is -0.246 e. The number of alkyl halides is 2. The topological polar surface area (TPSA) is 0 Å². The summed E-state index contributed by atoms with van der Waals surface area (Å²) in [5.74, 6) is 0.534. The summed E-state index contributed by atoms with van der Waals surface area (Å²) in [6, 6.07) is 12.8. The molecule has 23 heavy (non-hydrogen) atoms. The first-order chi connectivity index (χ1) is 11.0. The Hall–Kier alpha value is -1.06. The van der Waals surface area contributed by atoms with Crippen LogP contribution in [0, 0.1) is 0 Å². The Bertz CT molecular complexity index is 621. The Morgan fingerprint density at radius 2 is 1.91 bits per heavy atom. The Labute approximate surface area is 148 Å². The van der Waals surface area contributed by atoms with Gasteiger partial charge in [-0.15, -0.1) is 11.6 Å². The van der Waals surface area contributed by atoms with Crippen molar-refractivity contribution in [2.45, 2.75) is 44.6 Å². The number of thiophene rings is 1. The number of hydrogen-bond acceptors (Lipinski definition) is 1. The first-order valence-electron chi connectivity index (χ1n) is 8.07. The zero-order valence-electron chi connectivity index (χ0n) is 13.9. The van der Waals surface area contributed by atoms with Crippen LogP contribution in [0.3, 0.4) is 0 Å². The average Bonchev–Trinajstić information content (AvgIpc) is 3.02. The van der Waals surface area contributed by atoms with E-state index in [-0.39, 0.29) is 0 Å². The van der Waals surface area contributed by atoms with E-state index in [0.29, 0.717) is 12.6 Å². The van der Waals surface area contributed by atoms with Gasteiger partial charge in [-0.25, -0.2) is 4.39 Å². The van der Waals surface area contributed by atoms with Crippen molar-refractivity contribution in [3.63, 3.8) is 0 Å². The number of allylic oxidation sites excluding steroid dienone is 2. The van der Waals surface area contributed by atoms with Crippen molar-refractivity contribution in [1.29, 1.82) is 0 Å². The maximum Gasteiger partial charge on any atom is 0.226 e. The van der Waals surface area contributed by atoms with Gasteiger partial charge in [0.2, 0.25) is 6.71 Å². The van der Waals surface area contributed by atoms with E-state index in [9.17, 15) is 4.39 Å². The van der Waals surface area contributed by atoms with Crippen molar-refractivity contribution in [3.05, 3.63) is 59.5 Å². The van der Waals surface area contributed by atoms with Gasteiger partial charge in [-0.3, -0.25) is 0 Å². The molecule has 2 atom stereocenters. The van der Waals surface area contributed by atoms with Crippen LogP contribution < -0.4 is 10.2 Å². The van der Waals surface area contributed by atoms with Crippen LogP contribution in [0.5, 0.6) is 0 Å². The number of halogens is 2. The van der Waals surface area contributed by atoms with Gasteiger partial charge in [-0.05, 0) is 34.9 Å². The third kappa shape index (κ3) is 5.22. The van der Waals surface area contributed by atoms with Gasteiger partial charge in [0, 0.05) is 0 Å². The molecule has 0 saturated carbocycles. The number of rotatable bonds is 7. The minimum atomic E-state index is -1.03. The van der Waals surface area contributed by atoms with E-state index in [1.807, 2.05) is 12.1 Å². The van der Waals surface area contributed by atoms with Gasteiger partial charge in [0.05, 0.1) is 5.38 Å². The molecule has 0 aliphatic carbocycles. The van der Waals surface area contributed by atoms with E-state index in [4.69, 9.17) is 11.6 Å². The van der Waals surface area contributed by atoms with E-state index in [1.165, 1.54) is 22.7 Å². The van der Waals surface area contributed by atoms with Crippen molar-refractivity contribution in [2.75, 3.05) is 0 Å². The molecule has 0 bridgehead atoms. The van der Waals surface area contributed by atoms with Crippen molar-refractivity contribution in [1.82, 2.24) is 0 Å². The third-order valence-electron chi connectivity index (χ3n) is 3.98. The largest absolute Gasteiger partial charge is 0.246 e. The van der Waals surface area contributed by atoms with Gasteiger partial charge in [0.1, 0.15) is 6.17 Å². The van der Waals surface area contributed by atoms with Crippen LogP contribution in [-0.4, -0.2) is 18.3 Å². The molecule has 4 heteroatoms. The second-order valence-corrected chi connectivity index (χ2v) is 7.63. The molecule has 1 heterocycles. The zero-order chi connectivity index (χ0) is 16.8. The predicted octanol–water partition coefficient (Wildman–Crippen LogP) is 5.00. The fourth-order valence-corrected chi connectivity index (χ4v) is 3.77. The average molecular weight is 349 g/mol. The molecule has 122 valence electrons. The lowest BCUT2D eigenvalue weighted by Gasteiger charge is -2.11. The summed E-state index contributed by atoms with van der Waals surface area (Å²) in [5, 5.41) is 1.69. The van der Waals surface area contributed by atoms with Crippen LogP contribution in [-0.2, 0) is 0 Å². The van der Waals surface area contributed by atoms with Crippen molar-refractivity contribution in [2.24, 2.45) is 0 Å². The Kier molecular flexibility index (Phi) is 6.92. The molecule has 2 aromatic rings. The Morgan fingerprint density at radius 1 is 1.22 bits per heavy atom. The third-order valence-corrected chi connectivity index (χ3v) is 5.54. The predicted molar refractivity (Wildman–Crippen MR) is 104 cm³/mol.